The first-order valence-corrected chi connectivity index (χ1v) is 5.12. The van der Waals surface area contributed by atoms with Crippen molar-refractivity contribution in [3.8, 4) is 0 Å². The van der Waals surface area contributed by atoms with Crippen molar-refractivity contribution in [2.24, 2.45) is 7.05 Å². The Morgan fingerprint density at radius 2 is 2.27 bits per heavy atom. The van der Waals surface area contributed by atoms with Gasteiger partial charge in [-0.2, -0.15) is 5.10 Å². The van der Waals surface area contributed by atoms with Crippen molar-refractivity contribution < 1.29 is 9.53 Å². The molecule has 0 bridgehead atoms. The fourth-order valence-corrected chi connectivity index (χ4v) is 1.70. The molecule has 0 radical (unpaired) electrons. The number of ketones is 1. The van der Waals surface area contributed by atoms with Gasteiger partial charge < -0.3 is 4.74 Å². The Labute approximate surface area is 94.2 Å². The Balaban J connectivity index is 2.61. The molecule has 0 unspecified atom stereocenters. The van der Waals surface area contributed by atoms with Gasteiger partial charge in [0.25, 0.3) is 0 Å². The minimum absolute atomic E-state index is 0.0763. The number of hydrogen-bond donors (Lipinski definition) is 0. The molecule has 1 aromatic heterocycles. The van der Waals surface area contributed by atoms with Gasteiger partial charge in [-0.3, -0.25) is 9.48 Å². The average Bonchev–Trinajstić information content (AvgIpc) is 2.40. The molecule has 0 atom stereocenters. The van der Waals surface area contributed by atoms with Crippen LogP contribution >= 0.6 is 11.6 Å². The standard InChI is InChI=1S/C10H15ClN2O2/c1-7-10(11)9(13(2)12-7)5-4-8(14)6-15-3/h4-6H2,1-3H3. The second-order valence-electron chi connectivity index (χ2n) is 3.44. The van der Waals surface area contributed by atoms with E-state index in [1.54, 1.807) is 4.68 Å². The Bertz CT molecular complexity index is 361. The molecular weight excluding hydrogens is 216 g/mol. The fourth-order valence-electron chi connectivity index (χ4n) is 1.44. The number of hydrogen-bond acceptors (Lipinski definition) is 3. The van der Waals surface area contributed by atoms with Crippen LogP contribution in [0.4, 0.5) is 0 Å². The molecular formula is C10H15ClN2O2. The molecule has 0 fully saturated rings. The van der Waals surface area contributed by atoms with Crippen LogP contribution in [0.25, 0.3) is 0 Å². The van der Waals surface area contributed by atoms with Gasteiger partial charge in [-0.05, 0) is 13.3 Å². The van der Waals surface area contributed by atoms with Gasteiger partial charge in [0.2, 0.25) is 0 Å². The van der Waals surface area contributed by atoms with Crippen LogP contribution < -0.4 is 0 Å². The Morgan fingerprint density at radius 3 is 2.73 bits per heavy atom. The molecule has 84 valence electrons. The number of ether oxygens (including phenoxy) is 1. The largest absolute Gasteiger partial charge is 0.377 e. The lowest BCUT2D eigenvalue weighted by Crippen LogP contribution is -2.09. The summed E-state index contributed by atoms with van der Waals surface area (Å²) in [6, 6.07) is 0. The smallest absolute Gasteiger partial charge is 0.158 e. The van der Waals surface area contributed by atoms with Crippen LogP contribution in [0.3, 0.4) is 0 Å². The molecule has 0 aliphatic rings. The number of halogens is 1. The summed E-state index contributed by atoms with van der Waals surface area (Å²) < 4.78 is 6.47. The van der Waals surface area contributed by atoms with Crippen LogP contribution in [-0.2, 0) is 23.0 Å². The van der Waals surface area contributed by atoms with Gasteiger partial charge in [0.05, 0.1) is 16.4 Å². The molecule has 0 spiro atoms. The minimum atomic E-state index is 0.0763. The molecule has 1 aromatic rings. The van der Waals surface area contributed by atoms with Gasteiger partial charge in [-0.15, -0.1) is 0 Å². The minimum Gasteiger partial charge on any atom is -0.377 e. The van der Waals surface area contributed by atoms with E-state index >= 15 is 0 Å². The summed E-state index contributed by atoms with van der Waals surface area (Å²) in [5.41, 5.74) is 1.70. The third-order valence-electron chi connectivity index (χ3n) is 2.21. The summed E-state index contributed by atoms with van der Waals surface area (Å²) >= 11 is 6.05. The van der Waals surface area contributed by atoms with E-state index in [9.17, 15) is 4.79 Å². The van der Waals surface area contributed by atoms with E-state index < -0.39 is 0 Å². The van der Waals surface area contributed by atoms with Crippen molar-refractivity contribution in [1.82, 2.24) is 9.78 Å². The van der Waals surface area contributed by atoms with Crippen molar-refractivity contribution in [1.29, 1.82) is 0 Å². The summed E-state index contributed by atoms with van der Waals surface area (Å²) in [4.78, 5) is 11.2. The summed E-state index contributed by atoms with van der Waals surface area (Å²) in [6.45, 7) is 2.01. The molecule has 0 aromatic carbocycles. The van der Waals surface area contributed by atoms with E-state index in [0.29, 0.717) is 17.9 Å². The highest BCUT2D eigenvalue weighted by molar-refractivity contribution is 6.31. The second-order valence-corrected chi connectivity index (χ2v) is 3.82. The normalized spacial score (nSPS) is 10.7. The van der Waals surface area contributed by atoms with Gasteiger partial charge in [0, 0.05) is 20.6 Å². The molecule has 0 aliphatic carbocycles. The van der Waals surface area contributed by atoms with E-state index in [2.05, 4.69) is 5.10 Å². The zero-order valence-corrected chi connectivity index (χ0v) is 9.97. The lowest BCUT2D eigenvalue weighted by molar-refractivity contribution is -0.122. The van der Waals surface area contributed by atoms with Crippen molar-refractivity contribution in [2.45, 2.75) is 19.8 Å². The molecule has 0 saturated carbocycles. The molecule has 15 heavy (non-hydrogen) atoms. The number of methoxy groups -OCH3 is 1. The fraction of sp³-hybridized carbons (Fsp3) is 0.600. The topological polar surface area (TPSA) is 44.1 Å². The Morgan fingerprint density at radius 1 is 1.60 bits per heavy atom. The second kappa shape index (κ2) is 5.28. The molecule has 5 heteroatoms. The first-order valence-electron chi connectivity index (χ1n) is 4.75. The zero-order chi connectivity index (χ0) is 11.4. The summed E-state index contributed by atoms with van der Waals surface area (Å²) in [5, 5.41) is 4.83. The van der Waals surface area contributed by atoms with E-state index in [0.717, 1.165) is 11.4 Å². The number of nitrogens with zero attached hydrogens (tertiary/aromatic N) is 2. The van der Waals surface area contributed by atoms with Crippen molar-refractivity contribution >= 4 is 17.4 Å². The van der Waals surface area contributed by atoms with E-state index in [1.807, 2.05) is 14.0 Å². The maximum atomic E-state index is 11.2. The van der Waals surface area contributed by atoms with Crippen LogP contribution in [-0.4, -0.2) is 29.3 Å². The predicted octanol–water partition coefficient (Wildman–Crippen LogP) is 1.53. The first-order chi connectivity index (χ1) is 7.06. The van der Waals surface area contributed by atoms with Crippen molar-refractivity contribution in [3.63, 3.8) is 0 Å². The molecule has 0 N–H and O–H groups in total. The monoisotopic (exact) mass is 230 g/mol. The molecule has 0 aliphatic heterocycles. The quantitative estimate of drug-likeness (QED) is 0.771. The van der Waals surface area contributed by atoms with Crippen LogP contribution in [0.1, 0.15) is 17.8 Å². The van der Waals surface area contributed by atoms with Gasteiger partial charge in [0.15, 0.2) is 5.78 Å². The third kappa shape index (κ3) is 3.04. The Kier molecular flexibility index (Phi) is 4.29. The van der Waals surface area contributed by atoms with E-state index in [4.69, 9.17) is 16.3 Å². The highest BCUT2D eigenvalue weighted by Gasteiger charge is 2.12. The predicted molar refractivity (Wildman–Crippen MR) is 58.2 cm³/mol. The van der Waals surface area contributed by atoms with Crippen LogP contribution in [0.2, 0.25) is 5.02 Å². The van der Waals surface area contributed by atoms with Gasteiger partial charge in [0.1, 0.15) is 6.61 Å². The molecule has 1 rings (SSSR count). The molecule has 1 heterocycles. The number of carbonyl (C=O) groups is 1. The Hall–Kier alpha value is -0.870. The number of aromatic nitrogens is 2. The van der Waals surface area contributed by atoms with E-state index in [1.165, 1.54) is 7.11 Å². The van der Waals surface area contributed by atoms with Crippen molar-refractivity contribution in [2.75, 3.05) is 13.7 Å². The number of carbonyl (C=O) groups excluding carboxylic acids is 1. The van der Waals surface area contributed by atoms with Crippen LogP contribution in [0, 0.1) is 6.92 Å². The molecule has 4 nitrogen and oxygen atoms in total. The summed E-state index contributed by atoms with van der Waals surface area (Å²) in [5.74, 6) is 0.0763. The lowest BCUT2D eigenvalue weighted by Gasteiger charge is -2.02. The van der Waals surface area contributed by atoms with Gasteiger partial charge >= 0.3 is 0 Å². The first kappa shape index (κ1) is 12.2. The average molecular weight is 231 g/mol. The SMILES string of the molecule is COCC(=O)CCc1c(Cl)c(C)nn1C. The molecule has 0 saturated heterocycles. The number of rotatable bonds is 5. The third-order valence-corrected chi connectivity index (χ3v) is 2.70. The maximum Gasteiger partial charge on any atom is 0.158 e. The van der Waals surface area contributed by atoms with Crippen LogP contribution in [0.15, 0.2) is 0 Å². The zero-order valence-electron chi connectivity index (χ0n) is 9.21. The summed E-state index contributed by atoms with van der Waals surface area (Å²) in [6.07, 6.45) is 1.05. The number of aryl methyl sites for hydroxylation is 2. The maximum absolute atomic E-state index is 11.2. The highest BCUT2D eigenvalue weighted by Crippen LogP contribution is 2.20. The van der Waals surface area contributed by atoms with Gasteiger partial charge in [-0.25, -0.2) is 0 Å². The highest BCUT2D eigenvalue weighted by atomic mass is 35.5. The summed E-state index contributed by atoms with van der Waals surface area (Å²) in [7, 11) is 3.34. The van der Waals surface area contributed by atoms with Gasteiger partial charge in [-0.1, -0.05) is 11.6 Å². The van der Waals surface area contributed by atoms with Crippen molar-refractivity contribution in [3.05, 3.63) is 16.4 Å². The van der Waals surface area contributed by atoms with Crippen LogP contribution in [0.5, 0.6) is 0 Å². The lowest BCUT2D eigenvalue weighted by atomic mass is 10.2. The number of Topliss-reactive ketones (excluding diaryl/α,β-unsaturated/α-hetero) is 1. The molecule has 0 amide bonds. The van der Waals surface area contributed by atoms with E-state index in [-0.39, 0.29) is 12.4 Å².